The summed E-state index contributed by atoms with van der Waals surface area (Å²) in [7, 11) is -4.39. The Bertz CT molecular complexity index is 1160. The Morgan fingerprint density at radius 3 is 2.41 bits per heavy atom. The normalized spacial score (nSPS) is 11.0. The number of rotatable bonds is 4. The SMILES string of the molecule is [C-]#[N+]c1cc(Cl)c(O)c(S(=O)(=O)Nc2cc(-c3ccccc3)ccc2F)c1. The summed E-state index contributed by atoms with van der Waals surface area (Å²) in [5.74, 6) is -1.50. The molecule has 0 atom stereocenters. The second-order valence-electron chi connectivity index (χ2n) is 5.55. The largest absolute Gasteiger partial charge is 0.505 e. The third kappa shape index (κ3) is 3.87. The van der Waals surface area contributed by atoms with Crippen molar-refractivity contribution in [2.45, 2.75) is 4.90 Å². The number of anilines is 1. The van der Waals surface area contributed by atoms with Gasteiger partial charge in [-0.25, -0.2) is 17.7 Å². The van der Waals surface area contributed by atoms with E-state index < -0.39 is 26.5 Å². The van der Waals surface area contributed by atoms with Gasteiger partial charge in [0.1, 0.15) is 10.7 Å². The summed E-state index contributed by atoms with van der Waals surface area (Å²) >= 11 is 5.78. The predicted molar refractivity (Wildman–Crippen MR) is 102 cm³/mol. The van der Waals surface area contributed by atoms with Crippen LogP contribution in [0.2, 0.25) is 5.02 Å². The average Bonchev–Trinajstić information content (AvgIpc) is 2.66. The maximum absolute atomic E-state index is 14.2. The van der Waals surface area contributed by atoms with Crippen LogP contribution < -0.4 is 4.72 Å². The first-order valence-corrected chi connectivity index (χ1v) is 9.45. The minimum atomic E-state index is -4.39. The smallest absolute Gasteiger partial charge is 0.264 e. The molecule has 5 nitrogen and oxygen atoms in total. The number of halogens is 2. The minimum Gasteiger partial charge on any atom is -0.505 e. The average molecular weight is 403 g/mol. The van der Waals surface area contributed by atoms with Crippen molar-refractivity contribution >= 4 is 33.0 Å². The van der Waals surface area contributed by atoms with E-state index in [0.717, 1.165) is 23.8 Å². The van der Waals surface area contributed by atoms with Gasteiger partial charge in [0.05, 0.1) is 17.3 Å². The molecule has 3 aromatic carbocycles. The molecule has 0 saturated carbocycles. The highest BCUT2D eigenvalue weighted by Gasteiger charge is 2.23. The van der Waals surface area contributed by atoms with E-state index in [2.05, 4.69) is 9.57 Å². The van der Waals surface area contributed by atoms with Crippen LogP contribution in [-0.4, -0.2) is 13.5 Å². The van der Waals surface area contributed by atoms with Gasteiger partial charge in [0.25, 0.3) is 10.0 Å². The summed E-state index contributed by atoms with van der Waals surface area (Å²) < 4.78 is 41.6. The molecule has 0 bridgehead atoms. The molecule has 8 heteroatoms. The highest BCUT2D eigenvalue weighted by atomic mass is 35.5. The Morgan fingerprint density at radius 2 is 1.74 bits per heavy atom. The van der Waals surface area contributed by atoms with Gasteiger partial charge in [0, 0.05) is 0 Å². The number of benzene rings is 3. The van der Waals surface area contributed by atoms with Crippen molar-refractivity contribution < 1.29 is 17.9 Å². The number of phenols is 1. The Labute approximate surface area is 160 Å². The van der Waals surface area contributed by atoms with E-state index in [-0.39, 0.29) is 16.4 Å². The molecule has 0 aliphatic heterocycles. The van der Waals surface area contributed by atoms with Crippen molar-refractivity contribution in [2.24, 2.45) is 0 Å². The van der Waals surface area contributed by atoms with Crippen molar-refractivity contribution in [3.8, 4) is 16.9 Å². The van der Waals surface area contributed by atoms with Crippen LogP contribution in [0, 0.1) is 12.4 Å². The Kier molecular flexibility index (Phi) is 5.04. The molecule has 0 aromatic heterocycles. The second kappa shape index (κ2) is 7.27. The fourth-order valence-corrected chi connectivity index (χ4v) is 3.91. The topological polar surface area (TPSA) is 70.8 Å². The van der Waals surface area contributed by atoms with Crippen molar-refractivity contribution in [3.05, 3.63) is 82.9 Å². The van der Waals surface area contributed by atoms with Gasteiger partial charge >= 0.3 is 0 Å². The first kappa shape index (κ1) is 18.7. The van der Waals surface area contributed by atoms with Gasteiger partial charge in [-0.15, -0.1) is 0 Å². The van der Waals surface area contributed by atoms with Gasteiger partial charge in [0.15, 0.2) is 11.4 Å². The first-order chi connectivity index (χ1) is 12.8. The highest BCUT2D eigenvalue weighted by Crippen LogP contribution is 2.36. The zero-order chi connectivity index (χ0) is 19.6. The monoisotopic (exact) mass is 402 g/mol. The zero-order valence-corrected chi connectivity index (χ0v) is 15.2. The van der Waals surface area contributed by atoms with E-state index in [1.54, 1.807) is 24.3 Å². The van der Waals surface area contributed by atoms with Crippen LogP contribution in [0.5, 0.6) is 5.75 Å². The Balaban J connectivity index is 2.05. The molecule has 0 heterocycles. The summed E-state index contributed by atoms with van der Waals surface area (Å²) in [6, 6.07) is 15.2. The lowest BCUT2D eigenvalue weighted by Gasteiger charge is -2.13. The van der Waals surface area contributed by atoms with Crippen molar-refractivity contribution in [1.82, 2.24) is 0 Å². The fourth-order valence-electron chi connectivity index (χ4n) is 2.44. The second-order valence-corrected chi connectivity index (χ2v) is 7.61. The van der Waals surface area contributed by atoms with E-state index in [9.17, 15) is 17.9 Å². The van der Waals surface area contributed by atoms with E-state index in [4.69, 9.17) is 18.2 Å². The highest BCUT2D eigenvalue weighted by molar-refractivity contribution is 7.92. The molecule has 3 rings (SSSR count). The van der Waals surface area contributed by atoms with Gasteiger partial charge in [-0.05, 0) is 35.4 Å². The summed E-state index contributed by atoms with van der Waals surface area (Å²) in [5, 5.41) is 9.70. The van der Waals surface area contributed by atoms with Crippen LogP contribution >= 0.6 is 11.6 Å². The number of sulfonamides is 1. The maximum Gasteiger partial charge on any atom is 0.264 e. The van der Waals surface area contributed by atoms with Crippen molar-refractivity contribution in [2.75, 3.05) is 4.72 Å². The number of hydrogen-bond acceptors (Lipinski definition) is 3. The number of nitrogens with zero attached hydrogens (tertiary/aromatic N) is 1. The Morgan fingerprint density at radius 1 is 1.04 bits per heavy atom. The molecular formula is C19H12ClFN2O3S. The first-order valence-electron chi connectivity index (χ1n) is 7.59. The molecule has 0 saturated heterocycles. The molecule has 0 aliphatic rings. The molecule has 0 unspecified atom stereocenters. The molecule has 136 valence electrons. The predicted octanol–water partition coefficient (Wildman–Crippen LogP) is 5.20. The number of nitrogens with one attached hydrogen (secondary N) is 1. The lowest BCUT2D eigenvalue weighted by Crippen LogP contribution is -2.14. The van der Waals surface area contributed by atoms with E-state index in [1.807, 2.05) is 6.07 Å². The zero-order valence-electron chi connectivity index (χ0n) is 13.6. The molecule has 3 aromatic rings. The summed E-state index contributed by atoms with van der Waals surface area (Å²) in [6.45, 7) is 7.00. The lowest BCUT2D eigenvalue weighted by atomic mass is 10.1. The van der Waals surface area contributed by atoms with Crippen molar-refractivity contribution in [1.29, 1.82) is 0 Å². The summed E-state index contributed by atoms with van der Waals surface area (Å²) in [4.78, 5) is 2.51. The number of phenolic OH excluding ortho intramolecular Hbond substituents is 1. The van der Waals surface area contributed by atoms with Gasteiger partial charge in [-0.3, -0.25) is 4.72 Å². The third-order valence-electron chi connectivity index (χ3n) is 3.75. The minimum absolute atomic E-state index is 0.0725. The molecule has 0 amide bonds. The van der Waals surface area contributed by atoms with Crippen LogP contribution in [0.15, 0.2) is 65.6 Å². The third-order valence-corrected chi connectivity index (χ3v) is 5.42. The Hall–Kier alpha value is -3.08. The number of aromatic hydroxyl groups is 1. The van der Waals surface area contributed by atoms with Crippen LogP contribution in [0.4, 0.5) is 15.8 Å². The number of hydrogen-bond donors (Lipinski definition) is 2. The summed E-state index contributed by atoms with van der Waals surface area (Å²) in [5.41, 5.74) is 1.02. The van der Waals surface area contributed by atoms with E-state index in [1.165, 1.54) is 12.1 Å². The molecule has 0 aliphatic carbocycles. The fraction of sp³-hybridized carbons (Fsp3) is 0. The molecule has 0 radical (unpaired) electrons. The van der Waals surface area contributed by atoms with Gasteiger partial charge in [-0.1, -0.05) is 48.0 Å². The molecule has 27 heavy (non-hydrogen) atoms. The lowest BCUT2D eigenvalue weighted by molar-refractivity contribution is 0.459. The summed E-state index contributed by atoms with van der Waals surface area (Å²) in [6.07, 6.45) is 0. The van der Waals surface area contributed by atoms with Crippen LogP contribution in [0.3, 0.4) is 0 Å². The van der Waals surface area contributed by atoms with E-state index >= 15 is 0 Å². The molecule has 0 fully saturated rings. The van der Waals surface area contributed by atoms with Crippen LogP contribution in [-0.2, 0) is 10.0 Å². The standard InChI is InChI=1S/C19H12ClFN2O3S/c1-22-14-10-15(20)19(24)18(11-14)27(25,26)23-17-9-13(7-8-16(17)21)12-5-3-2-4-6-12/h2-11,23-24H. The maximum atomic E-state index is 14.2. The van der Waals surface area contributed by atoms with Gasteiger partial charge < -0.3 is 5.11 Å². The quantitative estimate of drug-likeness (QED) is 0.589. The van der Waals surface area contributed by atoms with Crippen LogP contribution in [0.25, 0.3) is 16.0 Å². The molecule has 0 spiro atoms. The van der Waals surface area contributed by atoms with E-state index in [0.29, 0.717) is 5.56 Å². The van der Waals surface area contributed by atoms with Crippen LogP contribution in [0.1, 0.15) is 0 Å². The molecule has 2 N–H and O–H groups in total. The molecular weight excluding hydrogens is 391 g/mol. The van der Waals surface area contributed by atoms with Gasteiger partial charge in [0.2, 0.25) is 0 Å². The van der Waals surface area contributed by atoms with Gasteiger partial charge in [-0.2, -0.15) is 0 Å². The van der Waals surface area contributed by atoms with Crippen molar-refractivity contribution in [3.63, 3.8) is 0 Å².